The molecule has 1 unspecified atom stereocenters. The Bertz CT molecular complexity index is 918. The molecule has 0 aromatic heterocycles. The third kappa shape index (κ3) is 5.65. The van der Waals surface area contributed by atoms with Crippen molar-refractivity contribution in [3.8, 4) is 5.75 Å². The lowest BCUT2D eigenvalue weighted by molar-refractivity contribution is 0.0975. The van der Waals surface area contributed by atoms with Gasteiger partial charge in [-0.2, -0.15) is 0 Å². The van der Waals surface area contributed by atoms with E-state index in [4.69, 9.17) is 21.1 Å². The molecule has 1 aliphatic heterocycles. The van der Waals surface area contributed by atoms with Crippen molar-refractivity contribution in [2.45, 2.75) is 18.9 Å². The van der Waals surface area contributed by atoms with Gasteiger partial charge in [-0.05, 0) is 49.2 Å². The number of guanidine groups is 1. The van der Waals surface area contributed by atoms with Crippen LogP contribution in [0.25, 0.3) is 0 Å². The SMILES string of the molecule is COc1ccc(Cl)cc1NC(=NCC1CCCO1)NC(=O)c1ccc(F)c(F)c1. The number of amides is 1. The number of rotatable bonds is 5. The highest BCUT2D eigenvalue weighted by atomic mass is 35.5. The summed E-state index contributed by atoms with van der Waals surface area (Å²) in [5.41, 5.74) is 0.435. The van der Waals surface area contributed by atoms with Gasteiger partial charge in [-0.1, -0.05) is 11.6 Å². The number of nitrogens with zero attached hydrogens (tertiary/aromatic N) is 1. The van der Waals surface area contributed by atoms with Gasteiger partial charge in [0.1, 0.15) is 5.75 Å². The molecule has 0 radical (unpaired) electrons. The van der Waals surface area contributed by atoms with E-state index in [1.165, 1.54) is 13.2 Å². The van der Waals surface area contributed by atoms with Crippen LogP contribution >= 0.6 is 11.6 Å². The molecule has 1 atom stereocenters. The Morgan fingerprint density at radius 1 is 1.28 bits per heavy atom. The van der Waals surface area contributed by atoms with Crippen LogP contribution in [0.2, 0.25) is 5.02 Å². The molecular weight excluding hydrogens is 404 g/mol. The van der Waals surface area contributed by atoms with Crippen molar-refractivity contribution in [1.29, 1.82) is 0 Å². The monoisotopic (exact) mass is 423 g/mol. The fourth-order valence-electron chi connectivity index (χ4n) is 2.81. The summed E-state index contributed by atoms with van der Waals surface area (Å²) in [5, 5.41) is 6.01. The number of carbonyl (C=O) groups excluding carboxylic acids is 1. The van der Waals surface area contributed by atoms with Crippen molar-refractivity contribution in [2.75, 3.05) is 25.6 Å². The lowest BCUT2D eigenvalue weighted by Crippen LogP contribution is -2.37. The first kappa shape index (κ1) is 21.0. The molecule has 0 aliphatic carbocycles. The van der Waals surface area contributed by atoms with E-state index in [1.807, 2.05) is 0 Å². The predicted octanol–water partition coefficient (Wildman–Crippen LogP) is 4.00. The zero-order valence-electron chi connectivity index (χ0n) is 15.7. The van der Waals surface area contributed by atoms with Gasteiger partial charge < -0.3 is 14.8 Å². The predicted molar refractivity (Wildman–Crippen MR) is 107 cm³/mol. The third-order valence-electron chi connectivity index (χ3n) is 4.31. The number of hydrogen-bond acceptors (Lipinski definition) is 4. The van der Waals surface area contributed by atoms with Crippen LogP contribution in [0.1, 0.15) is 23.2 Å². The molecule has 2 aromatic carbocycles. The lowest BCUT2D eigenvalue weighted by atomic mass is 10.2. The van der Waals surface area contributed by atoms with Crippen molar-refractivity contribution in [1.82, 2.24) is 5.32 Å². The number of anilines is 1. The summed E-state index contributed by atoms with van der Waals surface area (Å²) in [4.78, 5) is 16.9. The van der Waals surface area contributed by atoms with Crippen LogP contribution in [0.15, 0.2) is 41.4 Å². The van der Waals surface area contributed by atoms with E-state index in [1.54, 1.807) is 18.2 Å². The second-order valence-corrected chi connectivity index (χ2v) is 6.81. The first-order valence-corrected chi connectivity index (χ1v) is 9.37. The molecule has 1 aliphatic rings. The molecule has 0 bridgehead atoms. The van der Waals surface area contributed by atoms with Crippen molar-refractivity contribution in [2.24, 2.45) is 4.99 Å². The van der Waals surface area contributed by atoms with Gasteiger partial charge in [-0.25, -0.2) is 13.8 Å². The van der Waals surface area contributed by atoms with Gasteiger partial charge in [0, 0.05) is 17.2 Å². The van der Waals surface area contributed by atoms with E-state index in [2.05, 4.69) is 15.6 Å². The van der Waals surface area contributed by atoms with Gasteiger partial charge in [0.05, 0.1) is 25.4 Å². The number of aliphatic imine (C=N–C) groups is 1. The summed E-state index contributed by atoms with van der Waals surface area (Å²) in [5.74, 6) is -2.20. The Morgan fingerprint density at radius 3 is 2.79 bits per heavy atom. The van der Waals surface area contributed by atoms with Gasteiger partial charge in [-0.3, -0.25) is 10.1 Å². The van der Waals surface area contributed by atoms with Gasteiger partial charge in [0.2, 0.25) is 5.96 Å². The minimum atomic E-state index is -1.11. The second-order valence-electron chi connectivity index (χ2n) is 6.38. The summed E-state index contributed by atoms with van der Waals surface area (Å²) < 4.78 is 37.5. The maximum Gasteiger partial charge on any atom is 0.258 e. The minimum absolute atomic E-state index is 0.0476. The van der Waals surface area contributed by atoms with E-state index >= 15 is 0 Å². The Kier molecular flexibility index (Phi) is 7.00. The topological polar surface area (TPSA) is 71.9 Å². The second kappa shape index (κ2) is 9.67. The van der Waals surface area contributed by atoms with Crippen molar-refractivity contribution in [3.63, 3.8) is 0 Å². The number of methoxy groups -OCH3 is 1. The normalized spacial score (nSPS) is 16.6. The van der Waals surface area contributed by atoms with E-state index in [0.717, 1.165) is 25.0 Å². The highest BCUT2D eigenvalue weighted by Crippen LogP contribution is 2.27. The fraction of sp³-hybridized carbons (Fsp3) is 0.300. The van der Waals surface area contributed by atoms with E-state index in [-0.39, 0.29) is 17.6 Å². The zero-order chi connectivity index (χ0) is 20.8. The molecule has 6 nitrogen and oxygen atoms in total. The van der Waals surface area contributed by atoms with Crippen LogP contribution in [0.5, 0.6) is 5.75 Å². The van der Waals surface area contributed by atoms with Gasteiger partial charge >= 0.3 is 0 Å². The summed E-state index contributed by atoms with van der Waals surface area (Å²) in [6.07, 6.45) is 1.77. The largest absolute Gasteiger partial charge is 0.495 e. The van der Waals surface area contributed by atoms with E-state index in [0.29, 0.717) is 29.6 Å². The standard InChI is InChI=1S/C20H20ClF2N3O3/c1-28-18-7-5-13(21)10-17(18)25-20(24-11-14-3-2-8-29-14)26-19(27)12-4-6-15(22)16(23)9-12/h4-7,9-10,14H,2-3,8,11H2,1H3,(H2,24,25,26,27). The number of benzene rings is 2. The first-order chi connectivity index (χ1) is 14.0. The van der Waals surface area contributed by atoms with E-state index < -0.39 is 17.5 Å². The van der Waals surface area contributed by atoms with Crippen LogP contribution < -0.4 is 15.4 Å². The number of ether oxygens (including phenoxy) is 2. The quantitative estimate of drug-likeness (QED) is 0.563. The van der Waals surface area contributed by atoms with Gasteiger partial charge in [0.15, 0.2) is 11.6 Å². The highest BCUT2D eigenvalue weighted by Gasteiger charge is 2.17. The summed E-state index contributed by atoms with van der Waals surface area (Å²) in [6.45, 7) is 0.996. The summed E-state index contributed by atoms with van der Waals surface area (Å²) in [7, 11) is 1.50. The molecule has 1 heterocycles. The molecule has 2 aromatic rings. The molecule has 29 heavy (non-hydrogen) atoms. The Labute approximate surface area is 171 Å². The van der Waals surface area contributed by atoms with Crippen molar-refractivity contribution >= 4 is 29.2 Å². The van der Waals surface area contributed by atoms with E-state index in [9.17, 15) is 13.6 Å². The number of carbonyl (C=O) groups is 1. The van der Waals surface area contributed by atoms with Crippen molar-refractivity contribution in [3.05, 3.63) is 58.6 Å². The summed E-state index contributed by atoms with van der Waals surface area (Å²) in [6, 6.07) is 7.84. The van der Waals surface area contributed by atoms with Gasteiger partial charge in [0.25, 0.3) is 5.91 Å². The smallest absolute Gasteiger partial charge is 0.258 e. The molecule has 1 fully saturated rings. The van der Waals surface area contributed by atoms with Crippen LogP contribution in [-0.4, -0.2) is 38.2 Å². The molecule has 3 rings (SSSR count). The summed E-state index contributed by atoms with van der Waals surface area (Å²) >= 11 is 6.05. The number of nitrogens with one attached hydrogen (secondary N) is 2. The molecule has 2 N–H and O–H groups in total. The zero-order valence-corrected chi connectivity index (χ0v) is 16.4. The van der Waals surface area contributed by atoms with Crippen LogP contribution in [-0.2, 0) is 4.74 Å². The number of hydrogen-bond donors (Lipinski definition) is 2. The molecule has 0 saturated carbocycles. The van der Waals surface area contributed by atoms with Crippen LogP contribution in [0, 0.1) is 11.6 Å². The third-order valence-corrected chi connectivity index (χ3v) is 4.54. The highest BCUT2D eigenvalue weighted by molar-refractivity contribution is 6.31. The average Bonchev–Trinajstić information content (AvgIpc) is 3.22. The minimum Gasteiger partial charge on any atom is -0.495 e. The molecule has 9 heteroatoms. The van der Waals surface area contributed by atoms with Crippen molar-refractivity contribution < 1.29 is 23.0 Å². The average molecular weight is 424 g/mol. The first-order valence-electron chi connectivity index (χ1n) is 8.99. The number of halogens is 3. The molecule has 1 saturated heterocycles. The molecule has 154 valence electrons. The lowest BCUT2D eigenvalue weighted by Gasteiger charge is -2.15. The molecule has 1 amide bonds. The Morgan fingerprint density at radius 2 is 2.10 bits per heavy atom. The molecule has 0 spiro atoms. The van der Waals surface area contributed by atoms with Crippen LogP contribution in [0.4, 0.5) is 14.5 Å². The maximum atomic E-state index is 13.5. The maximum absolute atomic E-state index is 13.5. The van der Waals surface area contributed by atoms with Crippen LogP contribution in [0.3, 0.4) is 0 Å². The Hall–Kier alpha value is -2.71. The van der Waals surface area contributed by atoms with Gasteiger partial charge in [-0.15, -0.1) is 0 Å². The molecular formula is C20H20ClF2N3O3. The Balaban J connectivity index is 1.82. The fourth-order valence-corrected chi connectivity index (χ4v) is 2.99.